The van der Waals surface area contributed by atoms with E-state index in [1.807, 2.05) is 0 Å². The number of rotatable bonds is 2. The van der Waals surface area contributed by atoms with Gasteiger partial charge in [0.2, 0.25) is 5.91 Å². The van der Waals surface area contributed by atoms with Crippen molar-refractivity contribution in [2.24, 2.45) is 0 Å². The van der Waals surface area contributed by atoms with Crippen molar-refractivity contribution in [3.8, 4) is 0 Å². The van der Waals surface area contributed by atoms with Gasteiger partial charge in [-0.25, -0.2) is 0 Å². The minimum atomic E-state index is -3.52. The van der Waals surface area contributed by atoms with E-state index in [1.54, 1.807) is 6.92 Å². The summed E-state index contributed by atoms with van der Waals surface area (Å²) in [4.78, 5) is 11.6. The quantitative estimate of drug-likeness (QED) is 0.633. The molecule has 8 heteroatoms. The molecular weight excluding hydrogens is 256 g/mol. The Balaban J connectivity index is 2.15. The summed E-state index contributed by atoms with van der Waals surface area (Å²) < 4.78 is 27.8. The van der Waals surface area contributed by atoms with E-state index in [0.717, 1.165) is 13.0 Å². The molecule has 0 spiro atoms. The molecule has 2 fully saturated rings. The van der Waals surface area contributed by atoms with Crippen molar-refractivity contribution in [2.45, 2.75) is 19.4 Å². The van der Waals surface area contributed by atoms with Gasteiger partial charge in [0.15, 0.2) is 0 Å². The molecule has 2 rings (SSSR count). The first-order chi connectivity index (χ1) is 8.53. The van der Waals surface area contributed by atoms with Crippen molar-refractivity contribution in [2.75, 3.05) is 39.3 Å². The number of nitrogens with zero attached hydrogens (tertiary/aromatic N) is 2. The van der Waals surface area contributed by atoms with Gasteiger partial charge in [0.25, 0.3) is 10.2 Å². The number of carbonyl (C=O) groups is 1. The van der Waals surface area contributed by atoms with Gasteiger partial charge in [0.05, 0.1) is 0 Å². The second-order valence-corrected chi connectivity index (χ2v) is 6.47. The standard InChI is InChI=1S/C10H20N4O3S/c1-9-10(15)12-5-8-14(9)18(16,17)13-6-2-3-11-4-7-13/h9,11H,2-8H2,1H3,(H,12,15). The highest BCUT2D eigenvalue weighted by Gasteiger charge is 2.38. The summed E-state index contributed by atoms with van der Waals surface area (Å²) in [6.07, 6.45) is 0.799. The van der Waals surface area contributed by atoms with E-state index in [4.69, 9.17) is 0 Å². The van der Waals surface area contributed by atoms with Gasteiger partial charge in [-0.05, 0) is 19.9 Å². The van der Waals surface area contributed by atoms with Gasteiger partial charge < -0.3 is 10.6 Å². The minimum Gasteiger partial charge on any atom is -0.353 e. The number of hydrogen-bond donors (Lipinski definition) is 2. The van der Waals surface area contributed by atoms with E-state index in [1.165, 1.54) is 8.61 Å². The van der Waals surface area contributed by atoms with Crippen LogP contribution in [0.25, 0.3) is 0 Å². The van der Waals surface area contributed by atoms with Gasteiger partial charge in [0, 0.05) is 32.7 Å². The van der Waals surface area contributed by atoms with E-state index in [0.29, 0.717) is 32.7 Å². The third kappa shape index (κ3) is 2.66. The lowest BCUT2D eigenvalue weighted by Crippen LogP contribution is -2.59. The molecule has 2 aliphatic rings. The average molecular weight is 276 g/mol. The number of hydrogen-bond acceptors (Lipinski definition) is 4. The molecule has 1 atom stereocenters. The fourth-order valence-corrected chi connectivity index (χ4v) is 4.07. The Labute approximate surface area is 108 Å². The van der Waals surface area contributed by atoms with Crippen molar-refractivity contribution in [3.05, 3.63) is 0 Å². The normalized spacial score (nSPS) is 28.7. The van der Waals surface area contributed by atoms with E-state index in [9.17, 15) is 13.2 Å². The molecular formula is C10H20N4O3S. The lowest BCUT2D eigenvalue weighted by Gasteiger charge is -2.35. The zero-order valence-corrected chi connectivity index (χ0v) is 11.4. The molecule has 0 radical (unpaired) electrons. The van der Waals surface area contributed by atoms with E-state index in [2.05, 4.69) is 10.6 Å². The van der Waals surface area contributed by atoms with E-state index < -0.39 is 16.3 Å². The second-order valence-electron chi connectivity index (χ2n) is 4.59. The van der Waals surface area contributed by atoms with Crippen LogP contribution >= 0.6 is 0 Å². The van der Waals surface area contributed by atoms with Crippen LogP contribution in [0.2, 0.25) is 0 Å². The van der Waals surface area contributed by atoms with Crippen LogP contribution in [-0.4, -0.2) is 68.2 Å². The molecule has 2 N–H and O–H groups in total. The summed E-state index contributed by atoms with van der Waals surface area (Å²) in [5, 5.41) is 5.84. The largest absolute Gasteiger partial charge is 0.353 e. The van der Waals surface area contributed by atoms with Crippen LogP contribution in [0.3, 0.4) is 0 Å². The highest BCUT2D eigenvalue weighted by atomic mass is 32.2. The van der Waals surface area contributed by atoms with Crippen LogP contribution in [0, 0.1) is 0 Å². The second kappa shape index (κ2) is 5.52. The molecule has 1 amide bonds. The predicted molar refractivity (Wildman–Crippen MR) is 67.2 cm³/mol. The van der Waals surface area contributed by atoms with Gasteiger partial charge in [0.1, 0.15) is 6.04 Å². The molecule has 0 saturated carbocycles. The number of amides is 1. The summed E-state index contributed by atoms with van der Waals surface area (Å²) >= 11 is 0. The Kier molecular flexibility index (Phi) is 4.21. The maximum Gasteiger partial charge on any atom is 0.282 e. The summed E-state index contributed by atoms with van der Waals surface area (Å²) in [5.74, 6) is -0.224. The van der Waals surface area contributed by atoms with Crippen molar-refractivity contribution in [1.29, 1.82) is 0 Å². The first kappa shape index (κ1) is 13.7. The molecule has 0 aromatic carbocycles. The first-order valence-corrected chi connectivity index (χ1v) is 7.68. The summed E-state index contributed by atoms with van der Waals surface area (Å²) in [6, 6.07) is -0.625. The molecule has 0 bridgehead atoms. The van der Waals surface area contributed by atoms with Crippen LogP contribution in [0.4, 0.5) is 0 Å². The van der Waals surface area contributed by atoms with Gasteiger partial charge in [-0.1, -0.05) is 0 Å². The Hall–Kier alpha value is -0.700. The lowest BCUT2D eigenvalue weighted by atomic mass is 10.2. The Morgan fingerprint density at radius 2 is 1.94 bits per heavy atom. The van der Waals surface area contributed by atoms with Crippen molar-refractivity contribution in [1.82, 2.24) is 19.2 Å². The molecule has 2 saturated heterocycles. The molecule has 1 unspecified atom stereocenters. The number of carbonyl (C=O) groups excluding carboxylic acids is 1. The fraction of sp³-hybridized carbons (Fsp3) is 0.900. The molecule has 2 aliphatic heterocycles. The highest BCUT2D eigenvalue weighted by molar-refractivity contribution is 7.86. The Morgan fingerprint density at radius 3 is 2.72 bits per heavy atom. The Morgan fingerprint density at radius 1 is 1.17 bits per heavy atom. The summed E-state index contributed by atoms with van der Waals surface area (Å²) in [7, 11) is -3.52. The number of nitrogens with one attached hydrogen (secondary N) is 2. The van der Waals surface area contributed by atoms with E-state index >= 15 is 0 Å². The minimum absolute atomic E-state index is 0.224. The maximum absolute atomic E-state index is 12.5. The topological polar surface area (TPSA) is 81.8 Å². The van der Waals surface area contributed by atoms with Crippen LogP contribution in [-0.2, 0) is 15.0 Å². The third-order valence-corrected chi connectivity index (χ3v) is 5.47. The molecule has 104 valence electrons. The molecule has 2 heterocycles. The molecule has 7 nitrogen and oxygen atoms in total. The first-order valence-electron chi connectivity index (χ1n) is 6.29. The fourth-order valence-electron chi connectivity index (χ4n) is 2.28. The SMILES string of the molecule is CC1C(=O)NCCN1S(=O)(=O)N1CCCNCC1. The van der Waals surface area contributed by atoms with Crippen LogP contribution in [0.15, 0.2) is 0 Å². The van der Waals surface area contributed by atoms with Crippen molar-refractivity contribution < 1.29 is 13.2 Å². The predicted octanol–water partition coefficient (Wildman–Crippen LogP) is -1.65. The van der Waals surface area contributed by atoms with Crippen LogP contribution < -0.4 is 10.6 Å². The highest BCUT2D eigenvalue weighted by Crippen LogP contribution is 2.15. The van der Waals surface area contributed by atoms with Gasteiger partial charge in [-0.15, -0.1) is 0 Å². The maximum atomic E-state index is 12.5. The molecule has 0 aromatic heterocycles. The third-order valence-electron chi connectivity index (χ3n) is 3.36. The van der Waals surface area contributed by atoms with Crippen molar-refractivity contribution >= 4 is 16.1 Å². The number of piperazine rings is 1. The molecule has 0 aromatic rings. The van der Waals surface area contributed by atoms with Gasteiger partial charge in [-0.3, -0.25) is 4.79 Å². The average Bonchev–Trinajstić information content (AvgIpc) is 2.61. The summed E-state index contributed by atoms with van der Waals surface area (Å²) in [6.45, 7) is 4.83. The summed E-state index contributed by atoms with van der Waals surface area (Å²) in [5.41, 5.74) is 0. The van der Waals surface area contributed by atoms with Crippen molar-refractivity contribution in [3.63, 3.8) is 0 Å². The molecule has 18 heavy (non-hydrogen) atoms. The zero-order chi connectivity index (χ0) is 13.2. The smallest absolute Gasteiger partial charge is 0.282 e. The van der Waals surface area contributed by atoms with E-state index in [-0.39, 0.29) is 5.91 Å². The van der Waals surface area contributed by atoms with Crippen LogP contribution in [0.5, 0.6) is 0 Å². The Bertz CT molecular complexity index is 403. The molecule has 0 aliphatic carbocycles. The zero-order valence-electron chi connectivity index (χ0n) is 10.6. The monoisotopic (exact) mass is 276 g/mol. The lowest BCUT2D eigenvalue weighted by molar-refractivity contribution is -0.126. The van der Waals surface area contributed by atoms with Gasteiger partial charge in [-0.2, -0.15) is 17.0 Å². The van der Waals surface area contributed by atoms with Gasteiger partial charge >= 0.3 is 0 Å². The van der Waals surface area contributed by atoms with Crippen LogP contribution in [0.1, 0.15) is 13.3 Å².